The minimum Gasteiger partial charge on any atom is -0.372 e. The second kappa shape index (κ2) is 9.30. The molecule has 4 aliphatic carbocycles. The molecule has 1 heterocycles. The van der Waals surface area contributed by atoms with Gasteiger partial charge in [-0.2, -0.15) is 0 Å². The monoisotopic (exact) mass is 495 g/mol. The van der Waals surface area contributed by atoms with E-state index in [2.05, 4.69) is 47.9 Å². The van der Waals surface area contributed by atoms with Crippen LogP contribution >= 0.6 is 0 Å². The van der Waals surface area contributed by atoms with Crippen molar-refractivity contribution in [3.05, 3.63) is 52.6 Å². The van der Waals surface area contributed by atoms with Crippen molar-refractivity contribution in [3.63, 3.8) is 0 Å². The van der Waals surface area contributed by atoms with Gasteiger partial charge in [-0.15, -0.1) is 5.92 Å². The molecule has 1 aromatic carbocycles. The summed E-state index contributed by atoms with van der Waals surface area (Å²) in [6.07, 6.45) is 11.6. The summed E-state index contributed by atoms with van der Waals surface area (Å²) in [5.41, 5.74) is 6.41. The normalized spacial score (nSPS) is 34.8. The Labute approximate surface area is 222 Å². The largest absolute Gasteiger partial charge is 0.372 e. The average molecular weight is 496 g/mol. The zero-order valence-corrected chi connectivity index (χ0v) is 22.9. The summed E-state index contributed by atoms with van der Waals surface area (Å²) in [6, 6.07) is 9.37. The molecule has 5 atom stereocenters. The van der Waals surface area contributed by atoms with Crippen LogP contribution < -0.4 is 4.90 Å². The van der Waals surface area contributed by atoms with E-state index < -0.39 is 5.41 Å². The van der Waals surface area contributed by atoms with E-state index in [1.54, 1.807) is 5.57 Å². The van der Waals surface area contributed by atoms with Crippen molar-refractivity contribution in [2.45, 2.75) is 90.9 Å². The van der Waals surface area contributed by atoms with Crippen molar-refractivity contribution in [3.8, 4) is 11.8 Å². The van der Waals surface area contributed by atoms with Gasteiger partial charge in [0.2, 0.25) is 0 Å². The van der Waals surface area contributed by atoms with Gasteiger partial charge in [-0.1, -0.05) is 37.5 Å². The first-order valence-corrected chi connectivity index (χ1v) is 14.7. The molecular weight excluding hydrogens is 454 g/mol. The summed E-state index contributed by atoms with van der Waals surface area (Å²) in [5, 5.41) is 0. The Bertz CT molecular complexity index is 1230. The molecule has 1 aliphatic heterocycles. The molecule has 0 bridgehead atoms. The molecule has 5 aliphatic rings. The maximum atomic E-state index is 13.7. The van der Waals surface area contributed by atoms with Gasteiger partial charge in [0.05, 0.1) is 5.41 Å². The van der Waals surface area contributed by atoms with E-state index in [0.29, 0.717) is 30.5 Å². The minimum absolute atomic E-state index is 0.137. The molecule has 0 amide bonds. The fourth-order valence-electron chi connectivity index (χ4n) is 9.13. The first-order valence-electron chi connectivity index (χ1n) is 14.7. The van der Waals surface area contributed by atoms with Crippen LogP contribution in [0.1, 0.15) is 96.5 Å². The zero-order chi connectivity index (χ0) is 25.8. The SMILES string of the molecule is CC#C[C@]1(C(=O)CC)CC[C@H]2[C@@H]3CCC4=CC(=O)CCC4=C3[C@@H](c3ccc(N4CCCC4)cc3)C[C@@]21C. The van der Waals surface area contributed by atoms with Crippen molar-refractivity contribution >= 4 is 17.3 Å². The Morgan fingerprint density at radius 1 is 1.08 bits per heavy atom. The van der Waals surface area contributed by atoms with Crippen molar-refractivity contribution in [2.75, 3.05) is 18.0 Å². The van der Waals surface area contributed by atoms with E-state index in [4.69, 9.17) is 0 Å². The van der Waals surface area contributed by atoms with Crippen LogP contribution in [0.2, 0.25) is 0 Å². The number of hydrogen-bond donors (Lipinski definition) is 0. The molecule has 0 N–H and O–H groups in total. The van der Waals surface area contributed by atoms with E-state index in [0.717, 1.165) is 51.6 Å². The van der Waals surface area contributed by atoms with Gasteiger partial charge in [-0.25, -0.2) is 0 Å². The third-order valence-electron chi connectivity index (χ3n) is 10.8. The van der Waals surface area contributed by atoms with Crippen LogP contribution in [0.25, 0.3) is 0 Å². The van der Waals surface area contributed by atoms with E-state index in [-0.39, 0.29) is 17.1 Å². The van der Waals surface area contributed by atoms with Crippen LogP contribution in [0.15, 0.2) is 47.1 Å². The maximum Gasteiger partial charge on any atom is 0.156 e. The van der Waals surface area contributed by atoms with Gasteiger partial charge < -0.3 is 4.90 Å². The summed E-state index contributed by atoms with van der Waals surface area (Å²) in [6.45, 7) is 8.63. The van der Waals surface area contributed by atoms with Crippen LogP contribution in [0.3, 0.4) is 0 Å². The number of carbonyl (C=O) groups excluding carboxylic acids is 2. The number of benzene rings is 1. The van der Waals surface area contributed by atoms with Gasteiger partial charge in [-0.3, -0.25) is 9.59 Å². The predicted molar refractivity (Wildman–Crippen MR) is 149 cm³/mol. The van der Waals surface area contributed by atoms with Crippen molar-refractivity contribution in [1.82, 2.24) is 0 Å². The third-order valence-corrected chi connectivity index (χ3v) is 10.8. The maximum absolute atomic E-state index is 13.7. The molecule has 6 rings (SSSR count). The number of rotatable bonds is 4. The van der Waals surface area contributed by atoms with Gasteiger partial charge in [0.1, 0.15) is 0 Å². The van der Waals surface area contributed by atoms with Crippen LogP contribution in [0.4, 0.5) is 5.69 Å². The highest BCUT2D eigenvalue weighted by molar-refractivity contribution is 5.93. The Morgan fingerprint density at radius 2 is 1.84 bits per heavy atom. The Hall–Kier alpha value is -2.60. The molecule has 3 nitrogen and oxygen atoms in total. The second-order valence-corrected chi connectivity index (χ2v) is 12.4. The topological polar surface area (TPSA) is 37.4 Å². The highest BCUT2D eigenvalue weighted by atomic mass is 16.1. The van der Waals surface area contributed by atoms with E-state index >= 15 is 0 Å². The number of nitrogens with zero attached hydrogens (tertiary/aromatic N) is 1. The lowest BCUT2D eigenvalue weighted by Gasteiger charge is -2.54. The standard InChI is InChI=1S/C34H41NO2/c1-4-17-34(31(37)5-2)18-16-30-28-14-10-24-21-26(36)13-15-27(24)32(28)29(22-33(30,34)3)23-8-11-25(12-9-23)35-19-6-7-20-35/h8-9,11-12,21,28-30H,5-7,10,13-16,18-20,22H2,1-3H3/t28-,29+,30-,33-,34+/m0/s1. The molecule has 3 heteroatoms. The lowest BCUT2D eigenvalue weighted by molar-refractivity contribution is -0.132. The van der Waals surface area contributed by atoms with E-state index in [1.165, 1.54) is 35.2 Å². The smallest absolute Gasteiger partial charge is 0.156 e. The van der Waals surface area contributed by atoms with E-state index in [9.17, 15) is 9.59 Å². The quantitative estimate of drug-likeness (QED) is 0.415. The Morgan fingerprint density at radius 3 is 2.54 bits per heavy atom. The number of hydrogen-bond acceptors (Lipinski definition) is 3. The number of ketones is 2. The molecule has 0 radical (unpaired) electrons. The Kier molecular flexibility index (Phi) is 6.21. The summed E-state index contributed by atoms with van der Waals surface area (Å²) in [5.74, 6) is 8.62. The molecule has 3 fully saturated rings. The number of allylic oxidation sites excluding steroid dienone is 4. The predicted octanol–water partition coefficient (Wildman–Crippen LogP) is 7.18. The molecule has 37 heavy (non-hydrogen) atoms. The summed E-state index contributed by atoms with van der Waals surface area (Å²) in [4.78, 5) is 28.5. The van der Waals surface area contributed by atoms with Gasteiger partial charge in [0.25, 0.3) is 0 Å². The molecule has 194 valence electrons. The fourth-order valence-corrected chi connectivity index (χ4v) is 9.13. The van der Waals surface area contributed by atoms with Gasteiger partial charge >= 0.3 is 0 Å². The van der Waals surface area contributed by atoms with Gasteiger partial charge in [-0.05, 0) is 110 Å². The second-order valence-electron chi connectivity index (χ2n) is 12.4. The molecule has 2 saturated carbocycles. The lowest BCUT2D eigenvalue weighted by Crippen LogP contribution is -2.50. The summed E-state index contributed by atoms with van der Waals surface area (Å²) in [7, 11) is 0. The van der Waals surface area contributed by atoms with Crippen LogP contribution in [0.5, 0.6) is 0 Å². The lowest BCUT2D eigenvalue weighted by atomic mass is 9.48. The van der Waals surface area contributed by atoms with Crippen molar-refractivity contribution in [2.24, 2.45) is 22.7 Å². The number of Topliss-reactive ketones (excluding diaryl/α,β-unsaturated/α-hetero) is 1. The third kappa shape index (κ3) is 3.70. The number of carbonyl (C=O) groups is 2. The highest BCUT2D eigenvalue weighted by Crippen LogP contribution is 2.69. The van der Waals surface area contributed by atoms with Gasteiger partial charge in [0.15, 0.2) is 11.6 Å². The summed E-state index contributed by atoms with van der Waals surface area (Å²) >= 11 is 0. The van der Waals surface area contributed by atoms with Crippen LogP contribution in [-0.2, 0) is 9.59 Å². The molecule has 0 unspecified atom stereocenters. The number of anilines is 1. The van der Waals surface area contributed by atoms with Gasteiger partial charge in [0, 0.05) is 37.5 Å². The fraction of sp³-hybridized carbons (Fsp3) is 0.588. The van der Waals surface area contributed by atoms with Crippen LogP contribution in [0, 0.1) is 34.5 Å². The molecule has 0 spiro atoms. The molecular formula is C34H41NO2. The van der Waals surface area contributed by atoms with E-state index in [1.807, 2.05) is 19.9 Å². The summed E-state index contributed by atoms with van der Waals surface area (Å²) < 4.78 is 0. The Balaban J connectivity index is 1.49. The van der Waals surface area contributed by atoms with Crippen molar-refractivity contribution < 1.29 is 9.59 Å². The molecule has 1 aromatic rings. The zero-order valence-electron chi connectivity index (χ0n) is 22.9. The molecule has 0 aromatic heterocycles. The molecule has 1 saturated heterocycles. The minimum atomic E-state index is -0.538. The first kappa shape index (κ1) is 24.7. The number of fused-ring (bicyclic) bond motifs is 4. The average Bonchev–Trinajstić information content (AvgIpc) is 3.55. The first-order chi connectivity index (χ1) is 17.9. The highest BCUT2D eigenvalue weighted by Gasteiger charge is 2.65. The van der Waals surface area contributed by atoms with Crippen molar-refractivity contribution in [1.29, 1.82) is 0 Å². The van der Waals surface area contributed by atoms with Crippen LogP contribution in [-0.4, -0.2) is 24.7 Å².